The van der Waals surface area contributed by atoms with E-state index < -0.39 is 5.83 Å². The maximum Gasteiger partial charge on any atom is 0.118 e. The van der Waals surface area contributed by atoms with Gasteiger partial charge in [0.2, 0.25) is 0 Å². The maximum absolute atomic E-state index is 11.6. The van der Waals surface area contributed by atoms with Gasteiger partial charge in [-0.2, -0.15) is 0 Å². The number of hydrogen-bond donors (Lipinski definition) is 0. The van der Waals surface area contributed by atoms with E-state index in [4.69, 9.17) is 0 Å². The summed E-state index contributed by atoms with van der Waals surface area (Å²) in [5, 5.41) is 0. The van der Waals surface area contributed by atoms with Crippen LogP contribution in [-0.4, -0.2) is 6.67 Å². The first-order valence-corrected chi connectivity index (χ1v) is 4.54. The Balaban J connectivity index is 0. The third kappa shape index (κ3) is 13.7. The van der Waals surface area contributed by atoms with E-state index in [1.165, 1.54) is 0 Å². The zero-order chi connectivity index (χ0) is 11.7. The van der Waals surface area contributed by atoms with Crippen molar-refractivity contribution in [2.45, 2.75) is 27.2 Å². The first-order valence-electron chi connectivity index (χ1n) is 4.54. The number of halogens is 2. The Labute approximate surface area is 86.0 Å². The summed E-state index contributed by atoms with van der Waals surface area (Å²) in [7, 11) is 0. The smallest absolute Gasteiger partial charge is 0.118 e. The molecule has 0 saturated carbocycles. The van der Waals surface area contributed by atoms with E-state index in [-0.39, 0.29) is 6.67 Å². The van der Waals surface area contributed by atoms with Gasteiger partial charge in [0.05, 0.1) is 0 Å². The Hall–Kier alpha value is -0.920. The van der Waals surface area contributed by atoms with Crippen LogP contribution in [0, 0.1) is 5.92 Å². The number of rotatable bonds is 4. The quantitative estimate of drug-likeness (QED) is 0.461. The van der Waals surface area contributed by atoms with Crippen molar-refractivity contribution in [2.75, 3.05) is 6.67 Å². The van der Waals surface area contributed by atoms with Crippen LogP contribution in [0.5, 0.6) is 0 Å². The van der Waals surface area contributed by atoms with E-state index in [9.17, 15) is 8.78 Å². The Morgan fingerprint density at radius 2 is 1.57 bits per heavy atom. The molecule has 0 heterocycles. The van der Waals surface area contributed by atoms with E-state index in [1.807, 2.05) is 0 Å². The summed E-state index contributed by atoms with van der Waals surface area (Å²) in [6.07, 6.45) is 0.816. The van der Waals surface area contributed by atoms with E-state index in [1.54, 1.807) is 6.92 Å². The summed E-state index contributed by atoms with van der Waals surface area (Å²) in [4.78, 5) is 0. The predicted octanol–water partition coefficient (Wildman–Crippen LogP) is 4.60. The van der Waals surface area contributed by atoms with Crippen LogP contribution in [0.4, 0.5) is 8.78 Å². The van der Waals surface area contributed by atoms with Gasteiger partial charge >= 0.3 is 0 Å². The Bertz CT molecular complexity index is 190. The van der Waals surface area contributed by atoms with Crippen LogP contribution >= 0.6 is 0 Å². The first kappa shape index (κ1) is 15.5. The molecule has 0 saturated heterocycles. The topological polar surface area (TPSA) is 0 Å². The van der Waals surface area contributed by atoms with Crippen molar-refractivity contribution in [1.29, 1.82) is 0 Å². The van der Waals surface area contributed by atoms with Crippen LogP contribution < -0.4 is 0 Å². The first-order chi connectivity index (χ1) is 6.31. The highest BCUT2D eigenvalue weighted by Crippen LogP contribution is 2.07. The second kappa shape index (κ2) is 8.67. The Kier molecular flexibility index (Phi) is 9.63. The summed E-state index contributed by atoms with van der Waals surface area (Å²) >= 11 is 0. The second-order valence-corrected chi connectivity index (χ2v) is 3.67. The average molecular weight is 202 g/mol. The predicted molar refractivity (Wildman–Crippen MR) is 59.6 cm³/mol. The van der Waals surface area contributed by atoms with Crippen molar-refractivity contribution in [3.63, 3.8) is 0 Å². The monoisotopic (exact) mass is 202 g/mol. The van der Waals surface area contributed by atoms with E-state index in [0.717, 1.165) is 6.42 Å². The van der Waals surface area contributed by atoms with Gasteiger partial charge in [-0.3, -0.25) is 0 Å². The van der Waals surface area contributed by atoms with Crippen molar-refractivity contribution in [3.8, 4) is 0 Å². The molecule has 0 fully saturated rings. The third-order valence-corrected chi connectivity index (χ3v) is 1.35. The minimum atomic E-state index is -0.435. The molecule has 82 valence electrons. The van der Waals surface area contributed by atoms with Crippen molar-refractivity contribution < 1.29 is 8.78 Å². The van der Waals surface area contributed by atoms with Crippen molar-refractivity contribution in [3.05, 3.63) is 36.7 Å². The molecule has 0 unspecified atom stereocenters. The van der Waals surface area contributed by atoms with Gasteiger partial charge in [-0.1, -0.05) is 33.6 Å². The fourth-order valence-corrected chi connectivity index (χ4v) is 0.632. The molecule has 2 heteroatoms. The molecule has 0 nitrogen and oxygen atoms in total. The van der Waals surface area contributed by atoms with Gasteiger partial charge in [0.15, 0.2) is 0 Å². The minimum Gasteiger partial charge on any atom is -0.246 e. The lowest BCUT2D eigenvalue weighted by molar-refractivity contribution is 0.509. The molecule has 0 aromatic heterocycles. The van der Waals surface area contributed by atoms with E-state index in [2.05, 4.69) is 33.6 Å². The average Bonchev–Trinajstić information content (AvgIpc) is 2.04. The van der Waals surface area contributed by atoms with Crippen molar-refractivity contribution in [1.82, 2.24) is 0 Å². The molecule has 0 spiro atoms. The van der Waals surface area contributed by atoms with Gasteiger partial charge in [0.25, 0.3) is 0 Å². The largest absolute Gasteiger partial charge is 0.246 e. The zero-order valence-corrected chi connectivity index (χ0v) is 9.37. The molecular formula is C12H20F2. The highest BCUT2D eigenvalue weighted by Gasteiger charge is 1.95. The fraction of sp³-hybridized carbons (Fsp3) is 0.500. The molecule has 0 aromatic carbocycles. The molecule has 0 rings (SSSR count). The summed E-state index contributed by atoms with van der Waals surface area (Å²) in [5.41, 5.74) is 1.11. The lowest BCUT2D eigenvalue weighted by atomic mass is 10.1. The molecule has 0 aliphatic rings. The summed E-state index contributed by atoms with van der Waals surface area (Å²) < 4.78 is 23.2. The van der Waals surface area contributed by atoms with Crippen LogP contribution in [0.1, 0.15) is 27.2 Å². The molecule has 0 bridgehead atoms. The van der Waals surface area contributed by atoms with Crippen molar-refractivity contribution >= 4 is 0 Å². The molecule has 0 aromatic rings. The van der Waals surface area contributed by atoms with Crippen LogP contribution in [0.3, 0.4) is 0 Å². The van der Waals surface area contributed by atoms with E-state index in [0.29, 0.717) is 17.1 Å². The van der Waals surface area contributed by atoms with Crippen LogP contribution in [0.25, 0.3) is 0 Å². The molecule has 0 aliphatic carbocycles. The fourth-order valence-electron chi connectivity index (χ4n) is 0.632. The lowest BCUT2D eigenvalue weighted by Crippen LogP contribution is -1.90. The number of allylic oxidation sites excluding steroid dienone is 3. The van der Waals surface area contributed by atoms with Gasteiger partial charge < -0.3 is 0 Å². The minimum absolute atomic E-state index is 0.363. The van der Waals surface area contributed by atoms with Gasteiger partial charge in [-0.05, 0) is 30.4 Å². The van der Waals surface area contributed by atoms with Gasteiger partial charge in [0.1, 0.15) is 12.5 Å². The molecule has 0 N–H and O–H groups in total. The zero-order valence-electron chi connectivity index (χ0n) is 9.37. The van der Waals surface area contributed by atoms with Crippen LogP contribution in [0.2, 0.25) is 0 Å². The van der Waals surface area contributed by atoms with Gasteiger partial charge in [0, 0.05) is 0 Å². The van der Waals surface area contributed by atoms with Crippen LogP contribution in [0.15, 0.2) is 36.7 Å². The molecule has 0 amide bonds. The highest BCUT2D eigenvalue weighted by atomic mass is 19.1. The Morgan fingerprint density at radius 1 is 1.21 bits per heavy atom. The summed E-state index contributed by atoms with van der Waals surface area (Å²) in [6.45, 7) is 15.1. The number of hydrogen-bond acceptors (Lipinski definition) is 0. The molecule has 0 aliphatic heterocycles. The van der Waals surface area contributed by atoms with E-state index >= 15 is 0 Å². The SMILES string of the molecule is C=C(C)C(=C)F.C=C(CF)CC(C)C. The standard InChI is InChI=1S/C7H13F.C5H7F/c1-6(2)4-7(3)5-8;1-4(2)5(3)6/h6H,3-5H2,1-2H3;1,3H2,2H3. The Morgan fingerprint density at radius 3 is 1.64 bits per heavy atom. The molecule has 0 radical (unpaired) electrons. The highest BCUT2D eigenvalue weighted by molar-refractivity contribution is 5.14. The maximum atomic E-state index is 11.6. The number of alkyl halides is 1. The lowest BCUT2D eigenvalue weighted by Gasteiger charge is -2.02. The third-order valence-electron chi connectivity index (χ3n) is 1.35. The molecule has 0 atom stereocenters. The summed E-state index contributed by atoms with van der Waals surface area (Å²) in [6, 6.07) is 0. The summed E-state index contributed by atoms with van der Waals surface area (Å²) in [5.74, 6) is 0.105. The molecule has 14 heavy (non-hydrogen) atoms. The van der Waals surface area contributed by atoms with Crippen molar-refractivity contribution in [2.24, 2.45) is 5.92 Å². The van der Waals surface area contributed by atoms with Gasteiger partial charge in [-0.15, -0.1) is 0 Å². The normalized spacial score (nSPS) is 9.00. The van der Waals surface area contributed by atoms with Gasteiger partial charge in [-0.25, -0.2) is 8.78 Å². The van der Waals surface area contributed by atoms with Crippen LogP contribution in [-0.2, 0) is 0 Å². The second-order valence-electron chi connectivity index (χ2n) is 3.67. The molecular weight excluding hydrogens is 182 g/mol.